The summed E-state index contributed by atoms with van der Waals surface area (Å²) in [4.78, 5) is 46.9. The summed E-state index contributed by atoms with van der Waals surface area (Å²) in [7, 11) is 3.42. The summed E-state index contributed by atoms with van der Waals surface area (Å²) >= 11 is 0. The first-order chi connectivity index (χ1) is 25.6. The Bertz CT molecular complexity index is 1840. The number of aromatic nitrogens is 2. The van der Waals surface area contributed by atoms with Crippen molar-refractivity contribution in [1.29, 1.82) is 0 Å². The molecule has 17 nitrogen and oxygen atoms in total. The summed E-state index contributed by atoms with van der Waals surface area (Å²) in [5.74, 6) is 2.58. The van der Waals surface area contributed by atoms with Crippen molar-refractivity contribution in [2.45, 2.75) is 27.2 Å². The average molecular weight is 747 g/mol. The number of hydrogen-bond donors (Lipinski definition) is 6. The summed E-state index contributed by atoms with van der Waals surface area (Å²) in [5.41, 5.74) is 7.69. The minimum Gasteiger partial charge on any atom is -0.457 e. The van der Waals surface area contributed by atoms with Gasteiger partial charge in [0.05, 0.1) is 35.5 Å². The molecule has 2 aliphatic rings. The van der Waals surface area contributed by atoms with Gasteiger partial charge in [0.1, 0.15) is 40.3 Å². The van der Waals surface area contributed by atoms with Crippen molar-refractivity contribution in [1.82, 2.24) is 19.8 Å². The van der Waals surface area contributed by atoms with Gasteiger partial charge < -0.3 is 41.6 Å². The van der Waals surface area contributed by atoms with E-state index >= 15 is 0 Å². The maximum Gasteiger partial charge on any atom is 0.296 e. The van der Waals surface area contributed by atoms with E-state index < -0.39 is 4.92 Å². The monoisotopic (exact) mass is 746 g/mol. The molecule has 6 rings (SSSR count). The Kier molecular flexibility index (Phi) is 16.9. The normalized spacial score (nSPS) is 13.0. The summed E-state index contributed by atoms with van der Waals surface area (Å²) in [6.07, 6.45) is 5.38. The fourth-order valence-electron chi connectivity index (χ4n) is 4.98. The average Bonchev–Trinajstić information content (AvgIpc) is 3.09. The number of pyridine rings is 2. The second-order valence-corrected chi connectivity index (χ2v) is 11.8. The smallest absolute Gasteiger partial charge is 0.296 e. The summed E-state index contributed by atoms with van der Waals surface area (Å²) < 4.78 is 11.5. The number of nitro benzene ring substituents is 1. The van der Waals surface area contributed by atoms with Crippen molar-refractivity contribution in [3.8, 4) is 23.0 Å². The third-order valence-electron chi connectivity index (χ3n) is 7.83. The van der Waals surface area contributed by atoms with Crippen molar-refractivity contribution < 1.29 is 29.1 Å². The summed E-state index contributed by atoms with van der Waals surface area (Å²) in [6.45, 7) is 6.50. The first-order valence-corrected chi connectivity index (χ1v) is 17.1. The van der Waals surface area contributed by atoms with Crippen LogP contribution < -0.4 is 36.5 Å². The molecular formula is C37H50N10O7. The quantitative estimate of drug-likeness (QED) is 0.0585. The lowest BCUT2D eigenvalue weighted by molar-refractivity contribution is -0.384. The van der Waals surface area contributed by atoms with Gasteiger partial charge in [-0.05, 0) is 82.3 Å². The van der Waals surface area contributed by atoms with Gasteiger partial charge in [-0.15, -0.1) is 0 Å². The zero-order valence-electron chi connectivity index (χ0n) is 30.0. The largest absolute Gasteiger partial charge is 0.457 e. The van der Waals surface area contributed by atoms with Crippen LogP contribution in [0.25, 0.3) is 0 Å². The number of benzene rings is 2. The highest BCUT2D eigenvalue weighted by atomic mass is 16.6. The number of nitrogens with zero attached hydrogens (tertiary/aromatic N) is 5. The van der Waals surface area contributed by atoms with Crippen molar-refractivity contribution in [2.24, 2.45) is 0 Å². The third-order valence-corrected chi connectivity index (χ3v) is 7.83. The molecule has 2 aromatic heterocycles. The van der Waals surface area contributed by atoms with Crippen LogP contribution in [0.15, 0.2) is 73.1 Å². The Morgan fingerprint density at radius 3 is 1.59 bits per heavy atom. The molecule has 0 radical (unpaired) electrons. The molecule has 2 fully saturated rings. The molecular weight excluding hydrogens is 696 g/mol. The molecule has 0 spiro atoms. The Morgan fingerprint density at radius 2 is 1.20 bits per heavy atom. The Labute approximate surface area is 315 Å². The van der Waals surface area contributed by atoms with E-state index in [1.807, 2.05) is 24.1 Å². The van der Waals surface area contributed by atoms with Crippen molar-refractivity contribution in [3.63, 3.8) is 0 Å². The Morgan fingerprint density at radius 1 is 0.778 bits per heavy atom. The molecule has 0 unspecified atom stereocenters. The molecule has 2 saturated heterocycles. The molecule has 0 atom stereocenters. The molecule has 0 bridgehead atoms. The lowest BCUT2D eigenvalue weighted by atomic mass is 10.2. The van der Waals surface area contributed by atoms with Crippen LogP contribution in [0.2, 0.25) is 0 Å². The van der Waals surface area contributed by atoms with Gasteiger partial charge >= 0.3 is 0 Å². The highest BCUT2D eigenvalue weighted by molar-refractivity contribution is 5.92. The van der Waals surface area contributed by atoms with Crippen molar-refractivity contribution in [3.05, 3.63) is 83.2 Å². The van der Waals surface area contributed by atoms with Crippen molar-refractivity contribution in [2.75, 3.05) is 87.0 Å². The zero-order valence-corrected chi connectivity index (χ0v) is 30.0. The third kappa shape index (κ3) is 13.2. The molecule has 0 aliphatic carbocycles. The molecule has 4 aromatic rings. The molecule has 54 heavy (non-hydrogen) atoms. The van der Waals surface area contributed by atoms with E-state index in [1.54, 1.807) is 62.6 Å². The van der Waals surface area contributed by atoms with Crippen LogP contribution in [0.5, 0.6) is 23.0 Å². The highest BCUT2D eigenvalue weighted by Gasteiger charge is 2.19. The van der Waals surface area contributed by atoms with E-state index in [0.29, 0.717) is 59.1 Å². The van der Waals surface area contributed by atoms with Gasteiger partial charge in [-0.1, -0.05) is 7.43 Å². The van der Waals surface area contributed by atoms with Crippen LogP contribution in [0, 0.1) is 10.1 Å². The standard InChI is InChI=1S/C17H19N5O4.C17H21N5O2.C2H6O.CH4/c1-18-14-4-3-12(9-15(14)22(24)25)26-13-5-6-19-16(10-13)20-17(23)11-21-7-2-8-21;1-19-15-4-3-12(9-14(15)18)24-13-5-6-20-16(10-13)21-17(23)11-22-7-2-8-22;1-2-3;/h3-6,9-10,18H,2,7-8,11H2,1H3,(H,19,20,23);3-6,9-10,19H,2,7-8,11,18H2,1H3,(H,20,21,23);3H,2H2,1H3;1H4. The molecule has 17 heteroatoms. The van der Waals surface area contributed by atoms with E-state index in [4.69, 9.17) is 20.3 Å². The van der Waals surface area contributed by atoms with Gasteiger partial charge in [-0.25, -0.2) is 9.97 Å². The van der Waals surface area contributed by atoms with Gasteiger partial charge in [0.25, 0.3) is 5.69 Å². The molecule has 7 N–H and O–H groups in total. The molecule has 290 valence electrons. The number of rotatable bonds is 13. The minimum atomic E-state index is -0.479. The van der Waals surface area contributed by atoms with Gasteiger partial charge in [-0.2, -0.15) is 0 Å². The van der Waals surface area contributed by atoms with Crippen LogP contribution in [0.4, 0.5) is 34.4 Å². The predicted octanol–water partition coefficient (Wildman–Crippen LogP) is 5.24. The Balaban J connectivity index is 0.000000267. The molecule has 0 saturated carbocycles. The van der Waals surface area contributed by atoms with E-state index in [0.717, 1.165) is 44.7 Å². The van der Waals surface area contributed by atoms with Crippen LogP contribution in [0.1, 0.15) is 27.2 Å². The minimum absolute atomic E-state index is 0. The molecule has 2 amide bonds. The number of carbonyl (C=O) groups is 2. The summed E-state index contributed by atoms with van der Waals surface area (Å²) in [6, 6.07) is 16.6. The fourth-order valence-corrected chi connectivity index (χ4v) is 4.98. The highest BCUT2D eigenvalue weighted by Crippen LogP contribution is 2.32. The zero-order chi connectivity index (χ0) is 38.2. The number of nitrogens with one attached hydrogen (secondary N) is 4. The Hall–Kier alpha value is -6.04. The van der Waals surface area contributed by atoms with E-state index in [-0.39, 0.29) is 31.5 Å². The maximum atomic E-state index is 12.0. The predicted molar refractivity (Wildman–Crippen MR) is 211 cm³/mol. The number of amides is 2. The lowest BCUT2D eigenvalue weighted by Gasteiger charge is -2.29. The number of carbonyl (C=O) groups excluding carboxylic acids is 2. The number of anilines is 5. The van der Waals surface area contributed by atoms with Gasteiger partial charge in [0, 0.05) is 51.3 Å². The van der Waals surface area contributed by atoms with E-state index in [9.17, 15) is 19.7 Å². The number of aliphatic hydroxyl groups is 1. The molecule has 2 aromatic carbocycles. The number of aliphatic hydroxyl groups excluding tert-OH is 1. The number of nitrogens with two attached hydrogens (primary N) is 1. The van der Waals surface area contributed by atoms with Gasteiger partial charge in [0.2, 0.25) is 11.8 Å². The van der Waals surface area contributed by atoms with Gasteiger partial charge in [0.15, 0.2) is 0 Å². The number of nitro groups is 1. The van der Waals surface area contributed by atoms with Crippen LogP contribution in [0.3, 0.4) is 0 Å². The number of ether oxygens (including phenoxy) is 2. The van der Waals surface area contributed by atoms with Gasteiger partial charge in [-0.3, -0.25) is 29.5 Å². The van der Waals surface area contributed by atoms with Crippen LogP contribution >= 0.6 is 0 Å². The van der Waals surface area contributed by atoms with Crippen LogP contribution in [-0.4, -0.2) is 102 Å². The number of nitrogen functional groups attached to an aromatic ring is 1. The van der Waals surface area contributed by atoms with Crippen LogP contribution in [-0.2, 0) is 9.59 Å². The van der Waals surface area contributed by atoms with E-state index in [1.165, 1.54) is 12.3 Å². The lowest BCUT2D eigenvalue weighted by Crippen LogP contribution is -2.42. The SMILES string of the molecule is C.CCO.CNc1ccc(Oc2ccnc(NC(=O)CN3CCC3)c2)cc1N.CNc1ccc(Oc2ccnc(NC(=O)CN3CCC3)c2)cc1[N+](=O)[O-]. The molecule has 2 aliphatic heterocycles. The second kappa shape index (κ2) is 21.5. The van der Waals surface area contributed by atoms with E-state index in [2.05, 4.69) is 36.1 Å². The number of hydrogen-bond acceptors (Lipinski definition) is 14. The fraction of sp³-hybridized carbons (Fsp3) is 0.351. The summed E-state index contributed by atoms with van der Waals surface area (Å²) in [5, 5.41) is 30.0. The first-order valence-electron chi connectivity index (χ1n) is 17.1. The second-order valence-electron chi connectivity index (χ2n) is 11.8. The van der Waals surface area contributed by atoms with Crippen molar-refractivity contribution >= 4 is 46.2 Å². The first kappa shape index (κ1) is 42.4. The number of likely N-dealkylation sites (tertiary alicyclic amines) is 2. The maximum absolute atomic E-state index is 12.0. The topological polar surface area (TPSA) is 222 Å². The molecule has 4 heterocycles.